The molecule has 2 atom stereocenters. The number of benzene rings is 1. The van der Waals surface area contributed by atoms with E-state index in [1.54, 1.807) is 5.56 Å². The van der Waals surface area contributed by atoms with E-state index in [2.05, 4.69) is 43.0 Å². The van der Waals surface area contributed by atoms with Crippen molar-refractivity contribution in [1.82, 2.24) is 4.90 Å². The van der Waals surface area contributed by atoms with Gasteiger partial charge in [-0.25, -0.2) is 0 Å². The van der Waals surface area contributed by atoms with E-state index in [4.69, 9.17) is 5.73 Å². The number of hydrogen-bond acceptors (Lipinski definition) is 2. The van der Waals surface area contributed by atoms with Gasteiger partial charge in [-0.15, -0.1) is 0 Å². The molecule has 1 saturated carbocycles. The van der Waals surface area contributed by atoms with Crippen LogP contribution in [-0.2, 0) is 0 Å². The number of nitrogens with two attached hydrogens (primary N) is 1. The minimum absolute atomic E-state index is 0.294. The van der Waals surface area contributed by atoms with Crippen LogP contribution in [0.1, 0.15) is 62.6 Å². The molecule has 3 rings (SSSR count). The molecule has 0 bridgehead atoms. The van der Waals surface area contributed by atoms with E-state index in [9.17, 15) is 0 Å². The Labute approximate surface area is 123 Å². The van der Waals surface area contributed by atoms with Gasteiger partial charge >= 0.3 is 0 Å². The Kier molecular flexibility index (Phi) is 4.13. The fraction of sp³-hybridized carbons (Fsp3) is 0.667. The van der Waals surface area contributed by atoms with Gasteiger partial charge in [0.25, 0.3) is 0 Å². The van der Waals surface area contributed by atoms with Gasteiger partial charge < -0.3 is 5.73 Å². The van der Waals surface area contributed by atoms with Gasteiger partial charge in [-0.3, -0.25) is 4.90 Å². The Hall–Kier alpha value is -0.860. The molecule has 1 aliphatic carbocycles. The number of hydrogen-bond donors (Lipinski definition) is 1. The van der Waals surface area contributed by atoms with E-state index in [0.29, 0.717) is 18.0 Å². The molecule has 2 aliphatic rings. The maximum Gasteiger partial charge on any atom is 0.0502 e. The first-order chi connectivity index (χ1) is 9.66. The smallest absolute Gasteiger partial charge is 0.0502 e. The average molecular weight is 272 g/mol. The van der Waals surface area contributed by atoms with Crippen LogP contribution >= 0.6 is 0 Å². The molecule has 0 radical (unpaired) electrons. The number of likely N-dealkylation sites (tertiary alicyclic amines) is 1. The first-order valence-corrected chi connectivity index (χ1v) is 8.25. The van der Waals surface area contributed by atoms with E-state index in [0.717, 1.165) is 18.9 Å². The van der Waals surface area contributed by atoms with Crippen LogP contribution in [0.25, 0.3) is 0 Å². The van der Waals surface area contributed by atoms with Crippen molar-refractivity contribution in [3.63, 3.8) is 0 Å². The second-order valence-electron chi connectivity index (χ2n) is 7.04. The lowest BCUT2D eigenvalue weighted by atomic mass is 9.86. The molecule has 1 aromatic rings. The SMILES string of the molecule is CC(C)CN1CCCC(N)C1c1ccccc1C1CC1. The average Bonchev–Trinajstić information content (AvgIpc) is 3.23. The summed E-state index contributed by atoms with van der Waals surface area (Å²) in [6.45, 7) is 6.99. The zero-order valence-electron chi connectivity index (χ0n) is 12.9. The Balaban J connectivity index is 1.91. The van der Waals surface area contributed by atoms with E-state index in [1.165, 1.54) is 31.4 Å². The molecular formula is C18H28N2. The first-order valence-electron chi connectivity index (χ1n) is 8.25. The van der Waals surface area contributed by atoms with Crippen LogP contribution in [0.2, 0.25) is 0 Å². The maximum absolute atomic E-state index is 6.52. The minimum Gasteiger partial charge on any atom is -0.326 e. The highest BCUT2D eigenvalue weighted by Crippen LogP contribution is 2.45. The number of piperidine rings is 1. The molecule has 2 N–H and O–H groups in total. The Morgan fingerprint density at radius 2 is 1.85 bits per heavy atom. The largest absolute Gasteiger partial charge is 0.326 e. The molecule has 0 aromatic heterocycles. The molecular weight excluding hydrogens is 244 g/mol. The number of nitrogens with zero attached hydrogens (tertiary/aromatic N) is 1. The van der Waals surface area contributed by atoms with Gasteiger partial charge in [0.2, 0.25) is 0 Å². The molecule has 110 valence electrons. The molecule has 1 heterocycles. The molecule has 1 aliphatic heterocycles. The van der Waals surface area contributed by atoms with Crippen LogP contribution in [0.5, 0.6) is 0 Å². The van der Waals surface area contributed by atoms with E-state index < -0.39 is 0 Å². The second-order valence-corrected chi connectivity index (χ2v) is 7.04. The van der Waals surface area contributed by atoms with Gasteiger partial charge in [-0.1, -0.05) is 38.1 Å². The fourth-order valence-electron chi connectivity index (χ4n) is 3.75. The van der Waals surface area contributed by atoms with Crippen LogP contribution in [0.3, 0.4) is 0 Å². The highest BCUT2D eigenvalue weighted by molar-refractivity contribution is 5.36. The maximum atomic E-state index is 6.52. The Morgan fingerprint density at radius 3 is 2.50 bits per heavy atom. The van der Waals surface area contributed by atoms with Crippen molar-refractivity contribution in [2.75, 3.05) is 13.1 Å². The van der Waals surface area contributed by atoms with Gasteiger partial charge in [-0.2, -0.15) is 0 Å². The van der Waals surface area contributed by atoms with Gasteiger partial charge in [0.05, 0.1) is 6.04 Å². The highest BCUT2D eigenvalue weighted by atomic mass is 15.2. The van der Waals surface area contributed by atoms with Crippen LogP contribution < -0.4 is 5.73 Å². The standard InChI is InChI=1S/C18H28N2/c1-13(2)12-20-11-5-8-17(19)18(20)16-7-4-3-6-15(16)14-9-10-14/h3-4,6-7,13-14,17-18H,5,8-12,19H2,1-2H3. The summed E-state index contributed by atoms with van der Waals surface area (Å²) in [5, 5.41) is 0. The molecule has 1 aromatic carbocycles. The van der Waals surface area contributed by atoms with Gasteiger partial charge in [-0.05, 0) is 55.2 Å². The third kappa shape index (κ3) is 2.91. The molecule has 2 unspecified atom stereocenters. The summed E-state index contributed by atoms with van der Waals surface area (Å²) in [5.74, 6) is 1.51. The van der Waals surface area contributed by atoms with E-state index in [1.807, 2.05) is 0 Å². The lowest BCUT2D eigenvalue weighted by molar-refractivity contribution is 0.113. The third-order valence-electron chi connectivity index (χ3n) is 4.71. The summed E-state index contributed by atoms with van der Waals surface area (Å²) in [7, 11) is 0. The van der Waals surface area contributed by atoms with Gasteiger partial charge in [0.1, 0.15) is 0 Å². The minimum atomic E-state index is 0.294. The summed E-state index contributed by atoms with van der Waals surface area (Å²) in [4.78, 5) is 2.64. The Morgan fingerprint density at radius 1 is 1.15 bits per heavy atom. The van der Waals surface area contributed by atoms with Gasteiger partial charge in [0, 0.05) is 12.6 Å². The van der Waals surface area contributed by atoms with Crippen molar-refractivity contribution in [3.8, 4) is 0 Å². The summed E-state index contributed by atoms with van der Waals surface area (Å²) in [6, 6.07) is 9.78. The Bertz CT molecular complexity index is 450. The first kappa shape index (κ1) is 14.1. The summed E-state index contributed by atoms with van der Waals surface area (Å²) in [5.41, 5.74) is 9.61. The monoisotopic (exact) mass is 272 g/mol. The third-order valence-corrected chi connectivity index (χ3v) is 4.71. The predicted molar refractivity (Wildman–Crippen MR) is 84.8 cm³/mol. The lowest BCUT2D eigenvalue weighted by Crippen LogP contribution is -2.47. The zero-order valence-corrected chi connectivity index (χ0v) is 12.9. The summed E-state index contributed by atoms with van der Waals surface area (Å²) in [6.07, 6.45) is 5.14. The molecule has 20 heavy (non-hydrogen) atoms. The fourth-order valence-corrected chi connectivity index (χ4v) is 3.75. The normalized spacial score (nSPS) is 28.0. The van der Waals surface area contributed by atoms with Crippen LogP contribution in [0.15, 0.2) is 24.3 Å². The topological polar surface area (TPSA) is 29.3 Å². The quantitative estimate of drug-likeness (QED) is 0.906. The molecule has 1 saturated heterocycles. The predicted octanol–water partition coefficient (Wildman–Crippen LogP) is 3.68. The van der Waals surface area contributed by atoms with Crippen molar-refractivity contribution in [1.29, 1.82) is 0 Å². The van der Waals surface area contributed by atoms with Crippen LogP contribution in [-0.4, -0.2) is 24.0 Å². The zero-order chi connectivity index (χ0) is 14.1. The van der Waals surface area contributed by atoms with Gasteiger partial charge in [0.15, 0.2) is 0 Å². The molecule has 2 nitrogen and oxygen atoms in total. The number of rotatable bonds is 4. The summed E-state index contributed by atoms with van der Waals surface area (Å²) < 4.78 is 0. The van der Waals surface area contributed by atoms with Crippen molar-refractivity contribution < 1.29 is 0 Å². The van der Waals surface area contributed by atoms with Crippen molar-refractivity contribution in [2.45, 2.75) is 57.5 Å². The molecule has 0 spiro atoms. The molecule has 2 fully saturated rings. The van der Waals surface area contributed by atoms with E-state index >= 15 is 0 Å². The van der Waals surface area contributed by atoms with E-state index in [-0.39, 0.29) is 0 Å². The lowest BCUT2D eigenvalue weighted by Gasteiger charge is -2.41. The second kappa shape index (κ2) is 5.87. The summed E-state index contributed by atoms with van der Waals surface area (Å²) >= 11 is 0. The molecule has 2 heteroatoms. The van der Waals surface area contributed by atoms with Crippen LogP contribution in [0, 0.1) is 5.92 Å². The van der Waals surface area contributed by atoms with Crippen molar-refractivity contribution in [2.24, 2.45) is 11.7 Å². The highest BCUT2D eigenvalue weighted by Gasteiger charge is 2.35. The molecule has 0 amide bonds. The van der Waals surface area contributed by atoms with Crippen molar-refractivity contribution in [3.05, 3.63) is 35.4 Å². The van der Waals surface area contributed by atoms with Crippen molar-refractivity contribution >= 4 is 0 Å². The van der Waals surface area contributed by atoms with Crippen LogP contribution in [0.4, 0.5) is 0 Å².